The number of alkyl halides is 3. The maximum absolute atomic E-state index is 13.3. The summed E-state index contributed by atoms with van der Waals surface area (Å²) in [5.41, 5.74) is -0.636. The van der Waals surface area contributed by atoms with E-state index in [9.17, 15) is 13.2 Å². The Morgan fingerprint density at radius 3 is 2.67 bits per heavy atom. The van der Waals surface area contributed by atoms with E-state index >= 15 is 0 Å². The summed E-state index contributed by atoms with van der Waals surface area (Å²) in [6.07, 6.45) is -1.60. The molecule has 170 valence electrons. The van der Waals surface area contributed by atoms with Crippen molar-refractivity contribution in [3.05, 3.63) is 29.3 Å². The molecule has 0 radical (unpaired) electrons. The van der Waals surface area contributed by atoms with Crippen molar-refractivity contribution >= 4 is 5.96 Å². The smallest absolute Gasteiger partial charge is 0.416 e. The minimum Gasteiger partial charge on any atom is -0.497 e. The number of nitrogens with zero attached hydrogens (tertiary/aromatic N) is 1. The van der Waals surface area contributed by atoms with Gasteiger partial charge in [-0.15, -0.1) is 0 Å². The highest BCUT2D eigenvalue weighted by Gasteiger charge is 2.33. The topological polar surface area (TPSA) is 64.1 Å². The van der Waals surface area contributed by atoms with Crippen LogP contribution in [0.4, 0.5) is 13.2 Å². The van der Waals surface area contributed by atoms with Gasteiger partial charge in [0.1, 0.15) is 5.75 Å². The van der Waals surface area contributed by atoms with Crippen molar-refractivity contribution in [1.29, 1.82) is 0 Å². The van der Waals surface area contributed by atoms with Crippen LogP contribution in [0.25, 0.3) is 0 Å². The molecular weight excluding hydrogens is 399 g/mol. The van der Waals surface area contributed by atoms with Gasteiger partial charge in [-0.3, -0.25) is 0 Å². The fourth-order valence-corrected chi connectivity index (χ4v) is 3.13. The third-order valence-electron chi connectivity index (χ3n) is 4.83. The zero-order valence-electron chi connectivity index (χ0n) is 17.7. The quantitative estimate of drug-likeness (QED) is 0.337. The van der Waals surface area contributed by atoms with Gasteiger partial charge in [0.15, 0.2) is 5.96 Å². The SMILES string of the molecule is CCNC(=NCc1ccc(OC)cc1C(F)(F)F)NCCCOCC1CCOCC1. The van der Waals surface area contributed by atoms with E-state index in [1.807, 2.05) is 6.92 Å². The molecule has 0 aliphatic carbocycles. The van der Waals surface area contributed by atoms with Gasteiger partial charge in [-0.25, -0.2) is 4.99 Å². The largest absolute Gasteiger partial charge is 0.497 e. The van der Waals surface area contributed by atoms with Gasteiger partial charge in [-0.1, -0.05) is 6.07 Å². The molecule has 2 rings (SSSR count). The lowest BCUT2D eigenvalue weighted by Gasteiger charge is -2.21. The molecule has 1 saturated heterocycles. The Bertz CT molecular complexity index is 663. The molecule has 0 atom stereocenters. The molecule has 1 aliphatic rings. The van der Waals surface area contributed by atoms with Crippen LogP contribution in [-0.4, -0.2) is 52.6 Å². The molecule has 1 fully saturated rings. The molecule has 9 heteroatoms. The van der Waals surface area contributed by atoms with Gasteiger partial charge >= 0.3 is 6.18 Å². The van der Waals surface area contributed by atoms with Gasteiger partial charge in [0, 0.05) is 39.5 Å². The number of methoxy groups -OCH3 is 1. The third-order valence-corrected chi connectivity index (χ3v) is 4.83. The first-order chi connectivity index (χ1) is 14.4. The predicted molar refractivity (Wildman–Crippen MR) is 110 cm³/mol. The maximum atomic E-state index is 13.3. The number of ether oxygens (including phenoxy) is 3. The van der Waals surface area contributed by atoms with Crippen molar-refractivity contribution in [2.45, 2.75) is 38.9 Å². The summed E-state index contributed by atoms with van der Waals surface area (Å²) in [4.78, 5) is 4.30. The van der Waals surface area contributed by atoms with Gasteiger partial charge in [0.2, 0.25) is 0 Å². The molecule has 1 heterocycles. The number of guanidine groups is 1. The second-order valence-corrected chi connectivity index (χ2v) is 7.13. The molecule has 1 aliphatic heterocycles. The number of hydrogen-bond acceptors (Lipinski definition) is 4. The fourth-order valence-electron chi connectivity index (χ4n) is 3.13. The minimum atomic E-state index is -4.47. The number of benzene rings is 1. The predicted octanol–water partition coefficient (Wildman–Crippen LogP) is 3.60. The summed E-state index contributed by atoms with van der Waals surface area (Å²) in [6, 6.07) is 3.91. The number of hydrogen-bond donors (Lipinski definition) is 2. The van der Waals surface area contributed by atoms with Crippen LogP contribution in [0.15, 0.2) is 23.2 Å². The van der Waals surface area contributed by atoms with Crippen LogP contribution < -0.4 is 15.4 Å². The average Bonchev–Trinajstić information content (AvgIpc) is 2.74. The van der Waals surface area contributed by atoms with Crippen molar-refractivity contribution in [2.75, 3.05) is 46.6 Å². The molecule has 6 nitrogen and oxygen atoms in total. The zero-order valence-corrected chi connectivity index (χ0v) is 17.7. The molecule has 0 aromatic heterocycles. The number of halogens is 3. The maximum Gasteiger partial charge on any atom is 0.416 e. The van der Waals surface area contributed by atoms with E-state index in [4.69, 9.17) is 14.2 Å². The number of rotatable bonds is 10. The van der Waals surface area contributed by atoms with Gasteiger partial charge < -0.3 is 24.8 Å². The number of nitrogens with one attached hydrogen (secondary N) is 2. The first-order valence-corrected chi connectivity index (χ1v) is 10.4. The molecule has 0 bridgehead atoms. The fraction of sp³-hybridized carbons (Fsp3) is 0.667. The summed E-state index contributed by atoms with van der Waals surface area (Å²) in [5.74, 6) is 1.21. The molecule has 0 saturated carbocycles. The van der Waals surface area contributed by atoms with Gasteiger partial charge in [-0.2, -0.15) is 13.2 Å². The Kier molecular flexibility index (Phi) is 10.2. The second kappa shape index (κ2) is 12.6. The van der Waals surface area contributed by atoms with Crippen LogP contribution >= 0.6 is 0 Å². The summed E-state index contributed by atoms with van der Waals surface area (Å²) in [6.45, 7) is 6.03. The summed E-state index contributed by atoms with van der Waals surface area (Å²) in [5, 5.41) is 6.20. The zero-order chi connectivity index (χ0) is 21.8. The lowest BCUT2D eigenvalue weighted by molar-refractivity contribution is -0.138. The lowest BCUT2D eigenvalue weighted by Crippen LogP contribution is -2.38. The minimum absolute atomic E-state index is 0.0889. The normalized spacial score (nSPS) is 15.8. The molecule has 0 amide bonds. The van der Waals surface area contributed by atoms with E-state index in [0.29, 0.717) is 31.6 Å². The van der Waals surface area contributed by atoms with E-state index < -0.39 is 11.7 Å². The highest BCUT2D eigenvalue weighted by atomic mass is 19.4. The van der Waals surface area contributed by atoms with Crippen LogP contribution in [0.3, 0.4) is 0 Å². The van der Waals surface area contributed by atoms with E-state index in [1.165, 1.54) is 19.2 Å². The van der Waals surface area contributed by atoms with Crippen LogP contribution in [-0.2, 0) is 22.2 Å². The third kappa shape index (κ3) is 8.39. The molecule has 2 N–H and O–H groups in total. The second-order valence-electron chi connectivity index (χ2n) is 7.13. The Hall–Kier alpha value is -2.00. The Morgan fingerprint density at radius 2 is 2.00 bits per heavy atom. The Labute approximate surface area is 176 Å². The van der Waals surface area contributed by atoms with E-state index in [1.54, 1.807) is 0 Å². The van der Waals surface area contributed by atoms with Crippen molar-refractivity contribution in [2.24, 2.45) is 10.9 Å². The molecule has 30 heavy (non-hydrogen) atoms. The van der Waals surface area contributed by atoms with Crippen molar-refractivity contribution in [1.82, 2.24) is 10.6 Å². The van der Waals surface area contributed by atoms with E-state index in [0.717, 1.165) is 45.1 Å². The standard InChI is InChI=1S/C21H32F3N3O3/c1-3-25-20(26-9-4-10-30-15-16-7-11-29-12-8-16)27-14-17-5-6-18(28-2)13-19(17)21(22,23)24/h5-6,13,16H,3-4,7-12,14-15H2,1-2H3,(H2,25,26,27). The molecule has 1 aromatic carbocycles. The van der Waals surface area contributed by atoms with Gasteiger partial charge in [-0.05, 0) is 49.8 Å². The molecule has 0 unspecified atom stereocenters. The van der Waals surface area contributed by atoms with Crippen LogP contribution in [0.5, 0.6) is 5.75 Å². The highest BCUT2D eigenvalue weighted by Crippen LogP contribution is 2.34. The first kappa shape index (κ1) is 24.3. The van der Waals surface area contributed by atoms with Crippen LogP contribution in [0.1, 0.15) is 37.3 Å². The van der Waals surface area contributed by atoms with Gasteiger partial charge in [0.25, 0.3) is 0 Å². The van der Waals surface area contributed by atoms with Gasteiger partial charge in [0.05, 0.1) is 19.2 Å². The Balaban J connectivity index is 1.82. The van der Waals surface area contributed by atoms with Crippen LogP contribution in [0.2, 0.25) is 0 Å². The number of aliphatic imine (C=N–C) groups is 1. The van der Waals surface area contributed by atoms with Crippen molar-refractivity contribution < 1.29 is 27.4 Å². The summed E-state index contributed by atoms with van der Waals surface area (Å²) < 4.78 is 56.0. The lowest BCUT2D eigenvalue weighted by atomic mass is 10.0. The summed E-state index contributed by atoms with van der Waals surface area (Å²) in [7, 11) is 1.34. The van der Waals surface area contributed by atoms with Crippen molar-refractivity contribution in [3.8, 4) is 5.75 Å². The first-order valence-electron chi connectivity index (χ1n) is 10.4. The monoisotopic (exact) mass is 431 g/mol. The highest BCUT2D eigenvalue weighted by molar-refractivity contribution is 5.79. The van der Waals surface area contributed by atoms with E-state index in [-0.39, 0.29) is 17.9 Å². The molecule has 1 aromatic rings. The van der Waals surface area contributed by atoms with Crippen LogP contribution in [0, 0.1) is 5.92 Å². The summed E-state index contributed by atoms with van der Waals surface area (Å²) >= 11 is 0. The average molecular weight is 431 g/mol. The molecule has 0 spiro atoms. The Morgan fingerprint density at radius 1 is 1.23 bits per heavy atom. The van der Waals surface area contributed by atoms with Crippen molar-refractivity contribution in [3.63, 3.8) is 0 Å². The molecular formula is C21H32F3N3O3. The van der Waals surface area contributed by atoms with E-state index in [2.05, 4.69) is 15.6 Å².